The van der Waals surface area contributed by atoms with E-state index in [-0.39, 0.29) is 5.91 Å². The van der Waals surface area contributed by atoms with Gasteiger partial charge in [0.05, 0.1) is 11.0 Å². The van der Waals surface area contributed by atoms with Crippen LogP contribution in [-0.2, 0) is 0 Å². The first-order valence-corrected chi connectivity index (χ1v) is 9.16. The second-order valence-corrected chi connectivity index (χ2v) is 7.32. The summed E-state index contributed by atoms with van der Waals surface area (Å²) in [7, 11) is 0. The van der Waals surface area contributed by atoms with Crippen molar-refractivity contribution < 1.29 is 4.79 Å². The van der Waals surface area contributed by atoms with Gasteiger partial charge < -0.3 is 9.88 Å². The van der Waals surface area contributed by atoms with Gasteiger partial charge in [-0.15, -0.1) is 10.2 Å². The standard InChI is InChI=1S/C19H21N5O/c1-11-20-18-17(24(11)14-4-2-3-5-14)15-10-12(6-9-16(15)22-23-18)19(25)21-13-7-8-13/h6,9-10,13-14H,2-5,7-8H2,1H3,(H,21,25). The molecule has 2 aliphatic rings. The van der Waals surface area contributed by atoms with Crippen molar-refractivity contribution in [2.45, 2.75) is 57.5 Å². The van der Waals surface area contributed by atoms with E-state index in [0.29, 0.717) is 23.3 Å². The third kappa shape index (κ3) is 2.47. The molecule has 1 N–H and O–H groups in total. The predicted molar refractivity (Wildman–Crippen MR) is 95.6 cm³/mol. The van der Waals surface area contributed by atoms with E-state index in [0.717, 1.165) is 35.1 Å². The summed E-state index contributed by atoms with van der Waals surface area (Å²) in [6.07, 6.45) is 7.05. The van der Waals surface area contributed by atoms with Gasteiger partial charge in [-0.2, -0.15) is 0 Å². The number of imidazole rings is 1. The molecular weight excluding hydrogens is 314 g/mol. The van der Waals surface area contributed by atoms with Gasteiger partial charge in [0.25, 0.3) is 5.91 Å². The average molecular weight is 335 g/mol. The van der Waals surface area contributed by atoms with Crippen molar-refractivity contribution in [2.75, 3.05) is 0 Å². The number of aryl methyl sites for hydroxylation is 1. The first-order valence-electron chi connectivity index (χ1n) is 9.16. The van der Waals surface area contributed by atoms with Gasteiger partial charge in [-0.05, 0) is 50.8 Å². The molecule has 6 heteroatoms. The summed E-state index contributed by atoms with van der Waals surface area (Å²) in [6, 6.07) is 6.51. The quantitative estimate of drug-likeness (QED) is 0.797. The Morgan fingerprint density at radius 1 is 1.16 bits per heavy atom. The molecule has 0 spiro atoms. The SMILES string of the molecule is Cc1nc2nnc3ccc(C(=O)NC4CC4)cc3c2n1C1CCCC1. The molecular formula is C19H21N5O. The molecule has 6 nitrogen and oxygen atoms in total. The second kappa shape index (κ2) is 5.51. The number of rotatable bonds is 3. The molecule has 0 atom stereocenters. The van der Waals surface area contributed by atoms with Crippen LogP contribution < -0.4 is 5.32 Å². The van der Waals surface area contributed by atoms with Crippen LogP contribution in [0.15, 0.2) is 18.2 Å². The fraction of sp³-hybridized carbons (Fsp3) is 0.474. The van der Waals surface area contributed by atoms with Gasteiger partial charge in [0.15, 0.2) is 0 Å². The topological polar surface area (TPSA) is 72.7 Å². The van der Waals surface area contributed by atoms with E-state index < -0.39 is 0 Å². The van der Waals surface area contributed by atoms with Crippen LogP contribution in [0.5, 0.6) is 0 Å². The number of fused-ring (bicyclic) bond motifs is 3. The number of amides is 1. The van der Waals surface area contributed by atoms with E-state index in [2.05, 4.69) is 25.1 Å². The summed E-state index contributed by atoms with van der Waals surface area (Å²) in [5.41, 5.74) is 3.20. The molecule has 2 fully saturated rings. The molecule has 2 saturated carbocycles. The number of carbonyl (C=O) groups is 1. The minimum atomic E-state index is -0.00184. The van der Waals surface area contributed by atoms with Crippen LogP contribution in [0.4, 0.5) is 0 Å². The molecule has 3 aromatic rings. The van der Waals surface area contributed by atoms with Gasteiger partial charge in [0.2, 0.25) is 5.65 Å². The zero-order chi connectivity index (χ0) is 17.0. The van der Waals surface area contributed by atoms with E-state index in [1.807, 2.05) is 25.1 Å². The molecule has 2 heterocycles. The Balaban J connectivity index is 1.70. The molecule has 2 aromatic heterocycles. The lowest BCUT2D eigenvalue weighted by atomic mass is 10.1. The predicted octanol–water partition coefficient (Wildman–Crippen LogP) is 3.30. The number of hydrogen-bond acceptors (Lipinski definition) is 4. The highest BCUT2D eigenvalue weighted by Gasteiger charge is 2.25. The van der Waals surface area contributed by atoms with Gasteiger partial charge in [-0.3, -0.25) is 4.79 Å². The third-order valence-corrected chi connectivity index (χ3v) is 5.44. The molecule has 0 radical (unpaired) electrons. The van der Waals surface area contributed by atoms with E-state index in [1.54, 1.807) is 0 Å². The lowest BCUT2D eigenvalue weighted by molar-refractivity contribution is 0.0951. The summed E-state index contributed by atoms with van der Waals surface area (Å²) in [5, 5.41) is 12.7. The summed E-state index contributed by atoms with van der Waals surface area (Å²) < 4.78 is 2.32. The van der Waals surface area contributed by atoms with Crippen LogP contribution in [-0.4, -0.2) is 31.7 Å². The van der Waals surface area contributed by atoms with Crippen LogP contribution in [0.1, 0.15) is 60.7 Å². The van der Waals surface area contributed by atoms with E-state index in [9.17, 15) is 4.79 Å². The van der Waals surface area contributed by atoms with Crippen molar-refractivity contribution in [1.82, 2.24) is 25.1 Å². The number of nitrogens with zero attached hydrogens (tertiary/aromatic N) is 4. The molecule has 1 amide bonds. The van der Waals surface area contributed by atoms with Crippen molar-refractivity contribution in [3.63, 3.8) is 0 Å². The summed E-state index contributed by atoms with van der Waals surface area (Å²) in [4.78, 5) is 17.1. The lowest BCUT2D eigenvalue weighted by Gasteiger charge is -2.15. The normalized spacial score (nSPS) is 18.3. The van der Waals surface area contributed by atoms with Crippen molar-refractivity contribution in [3.05, 3.63) is 29.6 Å². The number of hydrogen-bond donors (Lipinski definition) is 1. The molecule has 0 aliphatic heterocycles. The minimum absolute atomic E-state index is 0.00184. The van der Waals surface area contributed by atoms with E-state index in [1.165, 1.54) is 25.7 Å². The zero-order valence-electron chi connectivity index (χ0n) is 14.3. The Bertz CT molecular complexity index is 982. The number of nitrogens with one attached hydrogen (secondary N) is 1. The van der Waals surface area contributed by atoms with Gasteiger partial charge in [-0.25, -0.2) is 4.98 Å². The monoisotopic (exact) mass is 335 g/mol. The van der Waals surface area contributed by atoms with E-state index in [4.69, 9.17) is 0 Å². The number of carbonyl (C=O) groups excluding carboxylic acids is 1. The van der Waals surface area contributed by atoms with Crippen molar-refractivity contribution >= 4 is 28.0 Å². The molecule has 0 bridgehead atoms. The van der Waals surface area contributed by atoms with Gasteiger partial charge in [0.1, 0.15) is 5.82 Å². The van der Waals surface area contributed by atoms with Crippen molar-refractivity contribution in [1.29, 1.82) is 0 Å². The third-order valence-electron chi connectivity index (χ3n) is 5.44. The highest BCUT2D eigenvalue weighted by Crippen LogP contribution is 2.35. The Hall–Kier alpha value is -2.50. The van der Waals surface area contributed by atoms with Crippen LogP contribution in [0.2, 0.25) is 0 Å². The minimum Gasteiger partial charge on any atom is -0.349 e. The van der Waals surface area contributed by atoms with Gasteiger partial charge in [-0.1, -0.05) is 12.8 Å². The number of aromatic nitrogens is 4. The molecule has 0 saturated heterocycles. The Kier molecular flexibility index (Phi) is 3.26. The molecule has 0 unspecified atom stereocenters. The van der Waals surface area contributed by atoms with Gasteiger partial charge in [0, 0.05) is 23.0 Å². The maximum absolute atomic E-state index is 12.5. The Labute approximate surface area is 145 Å². The summed E-state index contributed by atoms with van der Waals surface area (Å²) >= 11 is 0. The zero-order valence-corrected chi connectivity index (χ0v) is 14.3. The molecule has 1 aromatic carbocycles. The highest BCUT2D eigenvalue weighted by molar-refractivity contribution is 6.05. The van der Waals surface area contributed by atoms with Crippen LogP contribution in [0.25, 0.3) is 22.1 Å². The Morgan fingerprint density at radius 3 is 2.72 bits per heavy atom. The average Bonchev–Trinajstić information content (AvgIpc) is 3.14. The van der Waals surface area contributed by atoms with E-state index >= 15 is 0 Å². The summed E-state index contributed by atoms with van der Waals surface area (Å²) in [6.45, 7) is 2.04. The summed E-state index contributed by atoms with van der Waals surface area (Å²) in [5.74, 6) is 0.981. The fourth-order valence-corrected chi connectivity index (χ4v) is 4.01. The van der Waals surface area contributed by atoms with Crippen LogP contribution >= 0.6 is 0 Å². The first kappa shape index (κ1) is 14.8. The maximum Gasteiger partial charge on any atom is 0.251 e. The Morgan fingerprint density at radius 2 is 1.96 bits per heavy atom. The molecule has 5 rings (SSSR count). The fourth-order valence-electron chi connectivity index (χ4n) is 4.01. The maximum atomic E-state index is 12.5. The molecule has 2 aliphatic carbocycles. The highest BCUT2D eigenvalue weighted by atomic mass is 16.1. The van der Waals surface area contributed by atoms with Crippen molar-refractivity contribution in [3.8, 4) is 0 Å². The lowest BCUT2D eigenvalue weighted by Crippen LogP contribution is -2.25. The van der Waals surface area contributed by atoms with Crippen LogP contribution in [0.3, 0.4) is 0 Å². The van der Waals surface area contributed by atoms with Gasteiger partial charge >= 0.3 is 0 Å². The molecule has 25 heavy (non-hydrogen) atoms. The second-order valence-electron chi connectivity index (χ2n) is 7.32. The first-order chi connectivity index (χ1) is 12.2. The number of benzene rings is 1. The molecule has 128 valence electrons. The smallest absolute Gasteiger partial charge is 0.251 e. The van der Waals surface area contributed by atoms with Crippen molar-refractivity contribution in [2.24, 2.45) is 0 Å². The largest absolute Gasteiger partial charge is 0.349 e. The van der Waals surface area contributed by atoms with Crippen LogP contribution in [0, 0.1) is 6.92 Å².